The smallest absolute Gasteiger partial charge is 0.333 e. The zero-order valence-electron chi connectivity index (χ0n) is 12.3. The number of likely N-dealkylation sites (tertiary alicyclic amines) is 1. The van der Waals surface area contributed by atoms with Crippen molar-refractivity contribution in [2.45, 2.75) is 37.8 Å². The lowest BCUT2D eigenvalue weighted by Gasteiger charge is -2.29. The maximum atomic E-state index is 12.5. The maximum absolute atomic E-state index is 12.5. The Morgan fingerprint density at radius 2 is 2.14 bits per heavy atom. The second-order valence-corrected chi connectivity index (χ2v) is 6.32. The summed E-state index contributed by atoms with van der Waals surface area (Å²) < 4.78 is 5.32. The lowest BCUT2D eigenvalue weighted by atomic mass is 9.98. The van der Waals surface area contributed by atoms with Crippen molar-refractivity contribution in [3.05, 3.63) is 29.3 Å². The van der Waals surface area contributed by atoms with E-state index in [-0.39, 0.29) is 5.97 Å². The van der Waals surface area contributed by atoms with Gasteiger partial charge in [0.15, 0.2) is 0 Å². The third-order valence-corrected chi connectivity index (χ3v) is 4.51. The van der Waals surface area contributed by atoms with Gasteiger partial charge in [-0.2, -0.15) is 0 Å². The van der Waals surface area contributed by atoms with Crippen molar-refractivity contribution in [1.82, 2.24) is 4.90 Å². The number of halogens is 1. The van der Waals surface area contributed by atoms with Gasteiger partial charge in [0.25, 0.3) is 0 Å². The molecule has 1 aliphatic carbocycles. The van der Waals surface area contributed by atoms with Crippen LogP contribution >= 0.6 is 11.6 Å². The molecule has 0 radical (unpaired) electrons. The van der Waals surface area contributed by atoms with Gasteiger partial charge in [-0.05, 0) is 50.5 Å². The molecule has 1 atom stereocenters. The SMILES string of the molecule is CCOC(=O)C1(Nc2ccc(Cl)cc2)CCN(C2CC2)C1. The molecule has 1 aromatic carbocycles. The fourth-order valence-electron chi connectivity index (χ4n) is 2.99. The molecule has 3 rings (SSSR count). The molecule has 1 aliphatic heterocycles. The molecule has 21 heavy (non-hydrogen) atoms. The summed E-state index contributed by atoms with van der Waals surface area (Å²) in [6.07, 6.45) is 3.28. The van der Waals surface area contributed by atoms with Gasteiger partial charge in [-0.25, -0.2) is 4.79 Å². The van der Waals surface area contributed by atoms with Crippen LogP contribution in [0.1, 0.15) is 26.2 Å². The predicted molar refractivity (Wildman–Crippen MR) is 83.7 cm³/mol. The number of carbonyl (C=O) groups is 1. The molecule has 2 fully saturated rings. The number of rotatable bonds is 5. The van der Waals surface area contributed by atoms with E-state index in [0.717, 1.165) is 25.2 Å². The molecular formula is C16H21ClN2O2. The Labute approximate surface area is 130 Å². The predicted octanol–water partition coefficient (Wildman–Crippen LogP) is 2.92. The largest absolute Gasteiger partial charge is 0.464 e. The van der Waals surface area contributed by atoms with Crippen LogP contribution in [0.5, 0.6) is 0 Å². The minimum atomic E-state index is -0.633. The Morgan fingerprint density at radius 1 is 1.43 bits per heavy atom. The van der Waals surface area contributed by atoms with E-state index in [1.54, 1.807) is 0 Å². The Bertz CT molecular complexity index is 516. The number of hydrogen-bond donors (Lipinski definition) is 1. The van der Waals surface area contributed by atoms with Crippen molar-refractivity contribution in [2.75, 3.05) is 25.0 Å². The molecule has 5 heteroatoms. The number of esters is 1. The third-order valence-electron chi connectivity index (χ3n) is 4.26. The summed E-state index contributed by atoms with van der Waals surface area (Å²) in [5.41, 5.74) is 0.275. The van der Waals surface area contributed by atoms with Crippen LogP contribution in [-0.2, 0) is 9.53 Å². The van der Waals surface area contributed by atoms with Crippen LogP contribution in [0.4, 0.5) is 5.69 Å². The van der Waals surface area contributed by atoms with E-state index in [1.807, 2.05) is 31.2 Å². The number of carbonyl (C=O) groups excluding carboxylic acids is 1. The summed E-state index contributed by atoms with van der Waals surface area (Å²) in [6.45, 7) is 3.93. The van der Waals surface area contributed by atoms with Gasteiger partial charge < -0.3 is 10.1 Å². The quantitative estimate of drug-likeness (QED) is 0.849. The standard InChI is InChI=1S/C16H21ClN2O2/c1-2-21-15(20)16(9-10-19(11-16)14-7-8-14)18-13-5-3-12(17)4-6-13/h3-6,14,18H,2,7-11H2,1H3. The molecule has 1 unspecified atom stereocenters. The van der Waals surface area contributed by atoms with Crippen LogP contribution < -0.4 is 5.32 Å². The Morgan fingerprint density at radius 3 is 2.76 bits per heavy atom. The van der Waals surface area contributed by atoms with Crippen molar-refractivity contribution in [1.29, 1.82) is 0 Å². The van der Waals surface area contributed by atoms with Gasteiger partial charge in [0, 0.05) is 29.8 Å². The first-order valence-corrected chi connectivity index (χ1v) is 7.96. The van der Waals surface area contributed by atoms with Crippen molar-refractivity contribution < 1.29 is 9.53 Å². The second kappa shape index (κ2) is 5.85. The first-order chi connectivity index (χ1) is 10.1. The van der Waals surface area contributed by atoms with Gasteiger partial charge in [0.1, 0.15) is 5.54 Å². The highest BCUT2D eigenvalue weighted by atomic mass is 35.5. The molecule has 1 heterocycles. The normalized spacial score (nSPS) is 25.8. The van der Waals surface area contributed by atoms with Crippen molar-refractivity contribution in [3.63, 3.8) is 0 Å². The number of benzene rings is 1. The van der Waals surface area contributed by atoms with E-state index >= 15 is 0 Å². The molecule has 1 saturated carbocycles. The molecule has 1 aromatic rings. The minimum absolute atomic E-state index is 0.150. The molecule has 1 saturated heterocycles. The Balaban J connectivity index is 1.78. The van der Waals surface area contributed by atoms with Gasteiger partial charge >= 0.3 is 5.97 Å². The topological polar surface area (TPSA) is 41.6 Å². The summed E-state index contributed by atoms with van der Waals surface area (Å²) in [6, 6.07) is 8.13. The van der Waals surface area contributed by atoms with Crippen LogP contribution in [-0.4, -0.2) is 42.1 Å². The first-order valence-electron chi connectivity index (χ1n) is 7.58. The highest BCUT2D eigenvalue weighted by molar-refractivity contribution is 6.30. The van der Waals surface area contributed by atoms with Crippen LogP contribution in [0.3, 0.4) is 0 Å². The Hall–Kier alpha value is -1.26. The van der Waals surface area contributed by atoms with E-state index in [2.05, 4.69) is 10.2 Å². The number of ether oxygens (including phenoxy) is 1. The number of anilines is 1. The zero-order valence-corrected chi connectivity index (χ0v) is 13.0. The Kier molecular flexibility index (Phi) is 4.09. The summed E-state index contributed by atoms with van der Waals surface area (Å²) in [5, 5.41) is 4.10. The molecular weight excluding hydrogens is 288 g/mol. The van der Waals surface area contributed by atoms with Crippen molar-refractivity contribution >= 4 is 23.3 Å². The average Bonchev–Trinajstić information content (AvgIpc) is 3.23. The number of nitrogens with zero attached hydrogens (tertiary/aromatic N) is 1. The van der Waals surface area contributed by atoms with Crippen LogP contribution in [0, 0.1) is 0 Å². The van der Waals surface area contributed by atoms with Gasteiger partial charge in [0.2, 0.25) is 0 Å². The van der Waals surface area contributed by atoms with E-state index in [0.29, 0.717) is 17.7 Å². The molecule has 2 aliphatic rings. The zero-order chi connectivity index (χ0) is 14.9. The third kappa shape index (κ3) is 3.16. The molecule has 0 aromatic heterocycles. The van der Waals surface area contributed by atoms with Gasteiger partial charge in [-0.1, -0.05) is 11.6 Å². The molecule has 114 valence electrons. The van der Waals surface area contributed by atoms with Crippen molar-refractivity contribution in [2.24, 2.45) is 0 Å². The minimum Gasteiger partial charge on any atom is -0.464 e. The molecule has 0 bridgehead atoms. The second-order valence-electron chi connectivity index (χ2n) is 5.89. The lowest BCUT2D eigenvalue weighted by Crippen LogP contribution is -2.50. The van der Waals surface area contributed by atoms with Gasteiger partial charge in [0.05, 0.1) is 6.61 Å². The molecule has 0 spiro atoms. The number of hydrogen-bond acceptors (Lipinski definition) is 4. The van der Waals surface area contributed by atoms with Gasteiger partial charge in [-0.3, -0.25) is 4.90 Å². The lowest BCUT2D eigenvalue weighted by molar-refractivity contribution is -0.148. The highest BCUT2D eigenvalue weighted by Crippen LogP contribution is 2.36. The summed E-state index contributed by atoms with van der Waals surface area (Å²) in [5.74, 6) is -0.150. The molecule has 4 nitrogen and oxygen atoms in total. The summed E-state index contributed by atoms with van der Waals surface area (Å²) in [4.78, 5) is 14.9. The monoisotopic (exact) mass is 308 g/mol. The van der Waals surface area contributed by atoms with Crippen LogP contribution in [0.2, 0.25) is 5.02 Å². The molecule has 1 N–H and O–H groups in total. The molecule has 0 amide bonds. The average molecular weight is 309 g/mol. The van der Waals surface area contributed by atoms with E-state index < -0.39 is 5.54 Å². The first kappa shape index (κ1) is 14.7. The van der Waals surface area contributed by atoms with Gasteiger partial charge in [-0.15, -0.1) is 0 Å². The van der Waals surface area contributed by atoms with E-state index in [1.165, 1.54) is 12.8 Å². The van der Waals surface area contributed by atoms with E-state index in [9.17, 15) is 4.79 Å². The fourth-order valence-corrected chi connectivity index (χ4v) is 3.12. The maximum Gasteiger partial charge on any atom is 0.333 e. The van der Waals surface area contributed by atoms with Crippen molar-refractivity contribution in [3.8, 4) is 0 Å². The highest BCUT2D eigenvalue weighted by Gasteiger charge is 2.49. The number of nitrogens with one attached hydrogen (secondary N) is 1. The fraction of sp³-hybridized carbons (Fsp3) is 0.562. The summed E-state index contributed by atoms with van der Waals surface area (Å²) >= 11 is 5.92. The summed E-state index contributed by atoms with van der Waals surface area (Å²) in [7, 11) is 0. The van der Waals surface area contributed by atoms with Crippen LogP contribution in [0.25, 0.3) is 0 Å². The van der Waals surface area contributed by atoms with E-state index in [4.69, 9.17) is 16.3 Å². The van der Waals surface area contributed by atoms with Crippen LogP contribution in [0.15, 0.2) is 24.3 Å².